The van der Waals surface area contributed by atoms with Crippen molar-refractivity contribution in [2.75, 3.05) is 13.6 Å². The summed E-state index contributed by atoms with van der Waals surface area (Å²) in [5, 5.41) is 8.80. The summed E-state index contributed by atoms with van der Waals surface area (Å²) in [5.41, 5.74) is 0. The molecule has 2 rings (SSSR count). The fraction of sp³-hybridized carbons (Fsp3) is 0.778. The van der Waals surface area contributed by atoms with Crippen molar-refractivity contribution in [3.05, 3.63) is 9.47 Å². The van der Waals surface area contributed by atoms with Gasteiger partial charge < -0.3 is 0 Å². The van der Waals surface area contributed by atoms with Crippen LogP contribution in [0, 0.1) is 5.92 Å². The highest BCUT2D eigenvalue weighted by atomic mass is 35.5. The van der Waals surface area contributed by atoms with Crippen LogP contribution in [0.5, 0.6) is 0 Å². The third-order valence-corrected chi connectivity index (χ3v) is 3.65. The highest BCUT2D eigenvalue weighted by Gasteiger charge is 2.19. The Morgan fingerprint density at radius 3 is 2.79 bits per heavy atom. The van der Waals surface area contributed by atoms with Crippen LogP contribution >= 0.6 is 22.9 Å². The van der Waals surface area contributed by atoms with Crippen molar-refractivity contribution in [2.45, 2.75) is 25.8 Å². The van der Waals surface area contributed by atoms with Crippen LogP contribution in [0.2, 0.25) is 4.47 Å². The molecule has 1 fully saturated rings. The van der Waals surface area contributed by atoms with E-state index in [1.807, 2.05) is 0 Å². The van der Waals surface area contributed by atoms with Gasteiger partial charge in [0.05, 0.1) is 6.54 Å². The van der Waals surface area contributed by atoms with E-state index >= 15 is 0 Å². The van der Waals surface area contributed by atoms with Gasteiger partial charge in [0.1, 0.15) is 5.01 Å². The lowest BCUT2D eigenvalue weighted by Crippen LogP contribution is -2.29. The third kappa shape index (κ3) is 2.65. The van der Waals surface area contributed by atoms with Crippen LogP contribution in [0.25, 0.3) is 0 Å². The average Bonchev–Trinajstić information content (AvgIpc) is 2.44. The van der Waals surface area contributed by atoms with Crippen LogP contribution in [0.15, 0.2) is 0 Å². The summed E-state index contributed by atoms with van der Waals surface area (Å²) in [7, 11) is 2.13. The SMILES string of the molecule is CN(Cc1nnc(Cl)s1)CC1CCC1. The smallest absolute Gasteiger partial charge is 0.207 e. The number of rotatable bonds is 4. The fourth-order valence-corrected chi connectivity index (χ4v) is 2.66. The lowest BCUT2D eigenvalue weighted by Gasteiger charge is -2.29. The van der Waals surface area contributed by atoms with Crippen molar-refractivity contribution < 1.29 is 0 Å². The van der Waals surface area contributed by atoms with Gasteiger partial charge in [0, 0.05) is 6.54 Å². The number of nitrogens with zero attached hydrogens (tertiary/aromatic N) is 3. The molecular weight excluding hydrogens is 218 g/mol. The Hall–Kier alpha value is -0.190. The van der Waals surface area contributed by atoms with Crippen LogP contribution in [0.4, 0.5) is 0 Å². The molecule has 0 amide bonds. The largest absolute Gasteiger partial charge is 0.299 e. The van der Waals surface area contributed by atoms with Gasteiger partial charge in [-0.3, -0.25) is 4.90 Å². The molecule has 0 atom stereocenters. The molecule has 0 saturated heterocycles. The summed E-state index contributed by atoms with van der Waals surface area (Å²) >= 11 is 7.18. The standard InChI is InChI=1S/C9H14ClN3S/c1-13(5-7-3-2-4-7)6-8-11-12-9(10)14-8/h7H,2-6H2,1H3. The highest BCUT2D eigenvalue weighted by Crippen LogP contribution is 2.27. The Morgan fingerprint density at radius 2 is 2.29 bits per heavy atom. The van der Waals surface area contributed by atoms with E-state index in [0.29, 0.717) is 4.47 Å². The molecule has 1 aliphatic rings. The summed E-state index contributed by atoms with van der Waals surface area (Å²) in [4.78, 5) is 2.31. The molecule has 78 valence electrons. The van der Waals surface area contributed by atoms with Crippen molar-refractivity contribution in [3.63, 3.8) is 0 Å². The second kappa shape index (κ2) is 4.55. The molecule has 0 aliphatic heterocycles. The number of halogens is 1. The maximum Gasteiger partial charge on any atom is 0.207 e. The summed E-state index contributed by atoms with van der Waals surface area (Å²) < 4.78 is 0.539. The van der Waals surface area contributed by atoms with E-state index in [0.717, 1.165) is 17.5 Å². The van der Waals surface area contributed by atoms with E-state index in [2.05, 4.69) is 22.1 Å². The quantitative estimate of drug-likeness (QED) is 0.797. The normalized spacial score (nSPS) is 17.4. The van der Waals surface area contributed by atoms with Gasteiger partial charge in [0.2, 0.25) is 4.47 Å². The zero-order valence-electron chi connectivity index (χ0n) is 8.24. The lowest BCUT2D eigenvalue weighted by molar-refractivity contribution is 0.200. The summed E-state index contributed by atoms with van der Waals surface area (Å²) in [6, 6.07) is 0. The second-order valence-corrected chi connectivity index (χ2v) is 5.59. The zero-order chi connectivity index (χ0) is 9.97. The number of aromatic nitrogens is 2. The molecule has 0 radical (unpaired) electrons. The van der Waals surface area contributed by atoms with Crippen LogP contribution in [-0.4, -0.2) is 28.7 Å². The molecule has 1 aliphatic carbocycles. The first kappa shape index (κ1) is 10.3. The predicted molar refractivity (Wildman–Crippen MR) is 58.6 cm³/mol. The van der Waals surface area contributed by atoms with Crippen molar-refractivity contribution in [3.8, 4) is 0 Å². The van der Waals surface area contributed by atoms with Crippen LogP contribution in [0.3, 0.4) is 0 Å². The Kier molecular flexibility index (Phi) is 3.36. The van der Waals surface area contributed by atoms with E-state index in [9.17, 15) is 0 Å². The summed E-state index contributed by atoms with van der Waals surface area (Å²) in [5.74, 6) is 0.906. The monoisotopic (exact) mass is 231 g/mol. The molecule has 1 aromatic heterocycles. The first-order chi connectivity index (χ1) is 6.74. The molecule has 5 heteroatoms. The minimum Gasteiger partial charge on any atom is -0.299 e. The first-order valence-electron chi connectivity index (χ1n) is 4.90. The molecule has 1 saturated carbocycles. The van der Waals surface area contributed by atoms with Crippen LogP contribution in [0.1, 0.15) is 24.3 Å². The Labute approximate surface area is 93.1 Å². The molecular formula is C9H14ClN3S. The zero-order valence-corrected chi connectivity index (χ0v) is 9.81. The molecule has 0 unspecified atom stereocenters. The van der Waals surface area contributed by atoms with Gasteiger partial charge in [-0.05, 0) is 37.4 Å². The van der Waals surface area contributed by atoms with E-state index in [1.165, 1.54) is 37.1 Å². The average molecular weight is 232 g/mol. The third-order valence-electron chi connectivity index (χ3n) is 2.64. The molecule has 0 spiro atoms. The van der Waals surface area contributed by atoms with Crippen LogP contribution < -0.4 is 0 Å². The van der Waals surface area contributed by atoms with Gasteiger partial charge in [-0.2, -0.15) is 0 Å². The molecule has 3 nitrogen and oxygen atoms in total. The van der Waals surface area contributed by atoms with Crippen molar-refractivity contribution in [2.24, 2.45) is 5.92 Å². The number of hydrogen-bond donors (Lipinski definition) is 0. The van der Waals surface area contributed by atoms with Gasteiger partial charge >= 0.3 is 0 Å². The first-order valence-corrected chi connectivity index (χ1v) is 6.10. The Bertz CT molecular complexity index is 298. The molecule has 0 N–H and O–H groups in total. The fourth-order valence-electron chi connectivity index (χ4n) is 1.71. The second-order valence-electron chi connectivity index (χ2n) is 3.94. The van der Waals surface area contributed by atoms with E-state index in [-0.39, 0.29) is 0 Å². The topological polar surface area (TPSA) is 29.0 Å². The van der Waals surface area contributed by atoms with Gasteiger partial charge in [-0.15, -0.1) is 10.2 Å². The van der Waals surface area contributed by atoms with Crippen LogP contribution in [-0.2, 0) is 6.54 Å². The van der Waals surface area contributed by atoms with Crippen molar-refractivity contribution in [1.82, 2.24) is 15.1 Å². The van der Waals surface area contributed by atoms with E-state index in [4.69, 9.17) is 11.6 Å². The van der Waals surface area contributed by atoms with Gasteiger partial charge in [-0.25, -0.2) is 0 Å². The van der Waals surface area contributed by atoms with Gasteiger partial charge in [0.25, 0.3) is 0 Å². The lowest BCUT2D eigenvalue weighted by atomic mass is 9.85. The number of hydrogen-bond acceptors (Lipinski definition) is 4. The van der Waals surface area contributed by atoms with Gasteiger partial charge in [0.15, 0.2) is 0 Å². The Balaban J connectivity index is 1.78. The molecule has 1 aromatic rings. The minimum absolute atomic E-state index is 0.539. The van der Waals surface area contributed by atoms with Crippen molar-refractivity contribution in [1.29, 1.82) is 0 Å². The predicted octanol–water partition coefficient (Wildman–Crippen LogP) is 2.42. The maximum atomic E-state index is 5.71. The molecule has 14 heavy (non-hydrogen) atoms. The molecule has 0 aromatic carbocycles. The minimum atomic E-state index is 0.539. The Morgan fingerprint density at radius 1 is 1.50 bits per heavy atom. The molecule has 0 bridgehead atoms. The molecule has 1 heterocycles. The summed E-state index contributed by atoms with van der Waals surface area (Å²) in [6.45, 7) is 2.05. The summed E-state index contributed by atoms with van der Waals surface area (Å²) in [6.07, 6.45) is 4.19. The maximum absolute atomic E-state index is 5.71. The van der Waals surface area contributed by atoms with Crippen molar-refractivity contribution >= 4 is 22.9 Å². The highest BCUT2D eigenvalue weighted by molar-refractivity contribution is 7.15. The van der Waals surface area contributed by atoms with Gasteiger partial charge in [-0.1, -0.05) is 17.8 Å². The van der Waals surface area contributed by atoms with E-state index in [1.54, 1.807) is 0 Å². The van der Waals surface area contributed by atoms with E-state index < -0.39 is 0 Å².